The van der Waals surface area contributed by atoms with E-state index in [1.54, 1.807) is 0 Å². The predicted octanol–water partition coefficient (Wildman–Crippen LogP) is 0.0676. The second-order valence-electron chi connectivity index (χ2n) is 4.97. The molecule has 94 valence electrons. The number of nitrogens with zero attached hydrogens (tertiary/aromatic N) is 1. The molecule has 0 aromatic carbocycles. The quantitative estimate of drug-likeness (QED) is 0.675. The van der Waals surface area contributed by atoms with Crippen molar-refractivity contribution in [2.24, 2.45) is 5.92 Å². The molecule has 3 saturated heterocycles. The van der Waals surface area contributed by atoms with Crippen LogP contribution in [0.3, 0.4) is 0 Å². The zero-order valence-electron chi connectivity index (χ0n) is 10.2. The van der Waals surface area contributed by atoms with Gasteiger partial charge in [-0.05, 0) is 38.8 Å². The Morgan fingerprint density at radius 1 is 1.44 bits per heavy atom. The van der Waals surface area contributed by atoms with E-state index in [4.69, 9.17) is 4.74 Å². The zero-order valence-corrected chi connectivity index (χ0v) is 10.2. The van der Waals surface area contributed by atoms with Crippen LogP contribution in [0, 0.1) is 5.92 Å². The molecule has 16 heavy (non-hydrogen) atoms. The Balaban J connectivity index is 1.66. The van der Waals surface area contributed by atoms with Crippen LogP contribution in [0.15, 0.2) is 0 Å². The molecule has 2 unspecified atom stereocenters. The molecule has 3 fully saturated rings. The first-order valence-corrected chi connectivity index (χ1v) is 6.51. The number of fused-ring (bicyclic) bond motifs is 3. The summed E-state index contributed by atoms with van der Waals surface area (Å²) in [7, 11) is 0. The minimum Gasteiger partial charge on any atom is -0.389 e. The monoisotopic (exact) mass is 228 g/mol. The van der Waals surface area contributed by atoms with Crippen molar-refractivity contribution in [2.45, 2.75) is 31.9 Å². The van der Waals surface area contributed by atoms with E-state index in [0.29, 0.717) is 25.8 Å². The predicted molar refractivity (Wildman–Crippen MR) is 63.5 cm³/mol. The van der Waals surface area contributed by atoms with Crippen LogP contribution in [0.2, 0.25) is 0 Å². The Morgan fingerprint density at radius 2 is 2.19 bits per heavy atom. The van der Waals surface area contributed by atoms with Gasteiger partial charge >= 0.3 is 0 Å². The fourth-order valence-electron chi connectivity index (χ4n) is 2.80. The minimum absolute atomic E-state index is 0.365. The van der Waals surface area contributed by atoms with E-state index in [-0.39, 0.29) is 6.10 Å². The third-order valence-electron chi connectivity index (χ3n) is 3.79. The van der Waals surface area contributed by atoms with Crippen molar-refractivity contribution in [3.8, 4) is 0 Å². The number of piperidine rings is 3. The SMILES string of the molecule is CCOCC(O)CNC1CN2CCC1CC2. The van der Waals surface area contributed by atoms with E-state index >= 15 is 0 Å². The van der Waals surface area contributed by atoms with Gasteiger partial charge in [-0.15, -0.1) is 0 Å². The van der Waals surface area contributed by atoms with E-state index in [1.165, 1.54) is 25.9 Å². The van der Waals surface area contributed by atoms with Gasteiger partial charge in [0, 0.05) is 25.7 Å². The summed E-state index contributed by atoms with van der Waals surface area (Å²) < 4.78 is 5.20. The molecular weight excluding hydrogens is 204 g/mol. The average molecular weight is 228 g/mol. The molecule has 4 nitrogen and oxygen atoms in total. The molecule has 0 saturated carbocycles. The Bertz CT molecular complexity index is 205. The second kappa shape index (κ2) is 5.96. The van der Waals surface area contributed by atoms with Crippen LogP contribution in [0.4, 0.5) is 0 Å². The molecule has 0 radical (unpaired) electrons. The van der Waals surface area contributed by atoms with Gasteiger partial charge < -0.3 is 20.1 Å². The van der Waals surface area contributed by atoms with Gasteiger partial charge in [0.2, 0.25) is 0 Å². The molecule has 0 aliphatic carbocycles. The molecule has 3 aliphatic heterocycles. The first-order valence-electron chi connectivity index (χ1n) is 6.51. The molecule has 2 N–H and O–H groups in total. The molecule has 0 amide bonds. The maximum Gasteiger partial charge on any atom is 0.0897 e. The number of aliphatic hydroxyl groups excluding tert-OH is 1. The highest BCUT2D eigenvalue weighted by Gasteiger charge is 2.33. The Kier molecular flexibility index (Phi) is 4.58. The van der Waals surface area contributed by atoms with E-state index in [0.717, 1.165) is 12.5 Å². The zero-order chi connectivity index (χ0) is 11.4. The number of ether oxygens (including phenoxy) is 1. The van der Waals surface area contributed by atoms with Gasteiger partial charge in [0.1, 0.15) is 0 Å². The van der Waals surface area contributed by atoms with Crippen LogP contribution < -0.4 is 5.32 Å². The van der Waals surface area contributed by atoms with Crippen molar-refractivity contribution >= 4 is 0 Å². The normalized spacial score (nSPS) is 35.2. The van der Waals surface area contributed by atoms with Gasteiger partial charge in [-0.3, -0.25) is 0 Å². The Labute approximate surface area is 98.0 Å². The summed E-state index contributed by atoms with van der Waals surface area (Å²) in [5.74, 6) is 0.823. The fourth-order valence-corrected chi connectivity index (χ4v) is 2.80. The largest absolute Gasteiger partial charge is 0.389 e. The van der Waals surface area contributed by atoms with Gasteiger partial charge in [0.25, 0.3) is 0 Å². The highest BCUT2D eigenvalue weighted by atomic mass is 16.5. The maximum absolute atomic E-state index is 9.68. The Morgan fingerprint density at radius 3 is 2.75 bits per heavy atom. The summed E-state index contributed by atoms with van der Waals surface area (Å²) in [6, 6.07) is 0.582. The number of hydrogen-bond acceptors (Lipinski definition) is 4. The van der Waals surface area contributed by atoms with Crippen molar-refractivity contribution in [3.05, 3.63) is 0 Å². The van der Waals surface area contributed by atoms with E-state index in [2.05, 4.69) is 10.2 Å². The Hall–Kier alpha value is -0.160. The van der Waals surface area contributed by atoms with E-state index in [1.807, 2.05) is 6.92 Å². The maximum atomic E-state index is 9.68. The van der Waals surface area contributed by atoms with Crippen LogP contribution in [0.1, 0.15) is 19.8 Å². The molecule has 4 heteroatoms. The molecule has 3 rings (SSSR count). The van der Waals surface area contributed by atoms with Gasteiger partial charge in [-0.2, -0.15) is 0 Å². The van der Waals surface area contributed by atoms with Crippen molar-refractivity contribution in [1.82, 2.24) is 10.2 Å². The molecule has 3 aliphatic rings. The summed E-state index contributed by atoms with van der Waals surface area (Å²) in [5, 5.41) is 13.2. The molecule has 0 aromatic heterocycles. The summed E-state index contributed by atoms with van der Waals surface area (Å²) in [4.78, 5) is 2.52. The molecular formula is C12H24N2O2. The third kappa shape index (κ3) is 3.17. The van der Waals surface area contributed by atoms with Crippen LogP contribution in [0.5, 0.6) is 0 Å². The molecule has 2 bridgehead atoms. The lowest BCUT2D eigenvalue weighted by Crippen LogP contribution is -2.57. The van der Waals surface area contributed by atoms with E-state index in [9.17, 15) is 5.11 Å². The standard InChI is InChI=1S/C12H24N2O2/c1-2-16-9-11(15)7-13-12-8-14-5-3-10(12)4-6-14/h10-13,15H,2-9H2,1H3. The summed E-state index contributed by atoms with van der Waals surface area (Å²) in [6.45, 7) is 7.44. The number of aliphatic hydroxyl groups is 1. The van der Waals surface area contributed by atoms with Crippen LogP contribution in [-0.4, -0.2) is 61.5 Å². The van der Waals surface area contributed by atoms with Gasteiger partial charge in [-0.1, -0.05) is 0 Å². The number of rotatable bonds is 6. The van der Waals surface area contributed by atoms with Gasteiger partial charge in [0.05, 0.1) is 12.7 Å². The van der Waals surface area contributed by atoms with Crippen LogP contribution in [-0.2, 0) is 4.74 Å². The topological polar surface area (TPSA) is 44.7 Å². The van der Waals surface area contributed by atoms with Crippen molar-refractivity contribution in [2.75, 3.05) is 39.4 Å². The van der Waals surface area contributed by atoms with Crippen molar-refractivity contribution < 1.29 is 9.84 Å². The fraction of sp³-hybridized carbons (Fsp3) is 1.00. The van der Waals surface area contributed by atoms with Crippen molar-refractivity contribution in [3.63, 3.8) is 0 Å². The summed E-state index contributed by atoms with van der Waals surface area (Å²) >= 11 is 0. The van der Waals surface area contributed by atoms with Crippen molar-refractivity contribution in [1.29, 1.82) is 0 Å². The van der Waals surface area contributed by atoms with Crippen LogP contribution >= 0.6 is 0 Å². The lowest BCUT2D eigenvalue weighted by Gasteiger charge is -2.45. The number of hydrogen-bond donors (Lipinski definition) is 2. The van der Waals surface area contributed by atoms with Gasteiger partial charge in [-0.25, -0.2) is 0 Å². The lowest BCUT2D eigenvalue weighted by molar-refractivity contribution is 0.0284. The van der Waals surface area contributed by atoms with E-state index < -0.39 is 0 Å². The highest BCUT2D eigenvalue weighted by Crippen LogP contribution is 2.27. The third-order valence-corrected chi connectivity index (χ3v) is 3.79. The smallest absolute Gasteiger partial charge is 0.0897 e. The van der Waals surface area contributed by atoms with Crippen LogP contribution in [0.25, 0.3) is 0 Å². The molecule has 3 heterocycles. The molecule has 0 aromatic rings. The minimum atomic E-state index is -0.365. The lowest BCUT2D eigenvalue weighted by atomic mass is 9.84. The summed E-state index contributed by atoms with van der Waals surface area (Å²) in [5.41, 5.74) is 0. The second-order valence-corrected chi connectivity index (χ2v) is 4.97. The first-order chi connectivity index (χ1) is 7.79. The molecule has 0 spiro atoms. The highest BCUT2D eigenvalue weighted by molar-refractivity contribution is 4.91. The summed E-state index contributed by atoms with van der Waals surface area (Å²) in [6.07, 6.45) is 2.27. The van der Waals surface area contributed by atoms with Gasteiger partial charge in [0.15, 0.2) is 0 Å². The number of nitrogens with one attached hydrogen (secondary N) is 1. The molecule has 2 atom stereocenters. The first kappa shape index (κ1) is 12.3. The average Bonchev–Trinajstić information content (AvgIpc) is 2.35.